The first-order chi connectivity index (χ1) is 11.2. The number of hydrogen-bond donors (Lipinski definition) is 2. The monoisotopic (exact) mass is 381 g/mol. The number of halogens is 4. The molecule has 0 spiro atoms. The molecule has 0 saturated carbocycles. The van der Waals surface area contributed by atoms with E-state index in [9.17, 15) is 22.8 Å². The van der Waals surface area contributed by atoms with Crippen LogP contribution in [0.15, 0.2) is 29.3 Å². The normalized spacial score (nSPS) is 18.9. The smallest absolute Gasteiger partial charge is 0.429 e. The summed E-state index contributed by atoms with van der Waals surface area (Å²) < 4.78 is 42.5. The molecule has 0 fully saturated rings. The molecule has 1 aromatic carbocycles. The third-order valence-electron chi connectivity index (χ3n) is 2.78. The summed E-state index contributed by atoms with van der Waals surface area (Å²) in [5.41, 5.74) is 2.67. The van der Waals surface area contributed by atoms with Crippen molar-refractivity contribution in [1.29, 1.82) is 0 Å². The lowest BCUT2D eigenvalue weighted by atomic mass is 10.2. The van der Waals surface area contributed by atoms with E-state index in [-0.39, 0.29) is 23.0 Å². The zero-order valence-electron chi connectivity index (χ0n) is 11.8. The lowest BCUT2D eigenvalue weighted by Gasteiger charge is -2.17. The van der Waals surface area contributed by atoms with Gasteiger partial charge in [-0.25, -0.2) is 4.39 Å². The number of amides is 2. The van der Waals surface area contributed by atoms with E-state index >= 15 is 0 Å². The van der Waals surface area contributed by atoms with Crippen LogP contribution in [0.4, 0.5) is 18.9 Å². The Morgan fingerprint density at radius 1 is 1.46 bits per heavy atom. The number of nitrogens with two attached hydrogens (primary N) is 1. The Morgan fingerprint density at radius 3 is 2.58 bits per heavy atom. The molecule has 1 aliphatic rings. The second-order valence-corrected chi connectivity index (χ2v) is 6.24. The van der Waals surface area contributed by atoms with E-state index < -0.39 is 28.8 Å². The average Bonchev–Trinajstić information content (AvgIpc) is 2.78. The molecule has 1 aromatic rings. The maximum atomic E-state index is 13.0. The number of anilines is 1. The Hall–Kier alpha value is -1.94. The Balaban J connectivity index is 1.90. The highest BCUT2D eigenvalue weighted by atomic mass is 35.5. The first kappa shape index (κ1) is 18.4. The number of thioether (sulfide) groups is 1. The van der Waals surface area contributed by atoms with E-state index in [1.807, 2.05) is 0 Å². The molecule has 24 heavy (non-hydrogen) atoms. The van der Waals surface area contributed by atoms with Crippen molar-refractivity contribution in [2.45, 2.75) is 23.4 Å². The number of nitrogens with one attached hydrogen (secondary N) is 1. The molecule has 0 bridgehead atoms. The first-order valence-electron chi connectivity index (χ1n) is 6.47. The zero-order valence-corrected chi connectivity index (χ0v) is 13.4. The minimum atomic E-state index is -4.17. The summed E-state index contributed by atoms with van der Waals surface area (Å²) in [5.74, 6) is -1.29. The summed E-state index contributed by atoms with van der Waals surface area (Å²) in [6.45, 7) is 0. The molecule has 0 saturated heterocycles. The van der Waals surface area contributed by atoms with Gasteiger partial charge in [-0.3, -0.25) is 9.59 Å². The highest BCUT2D eigenvalue weighted by Crippen LogP contribution is 2.29. The predicted octanol–water partition coefficient (Wildman–Crippen LogP) is 2.48. The molecule has 0 aliphatic carbocycles. The van der Waals surface area contributed by atoms with Crippen LogP contribution in [0.5, 0.6) is 5.75 Å². The fraction of sp³-hybridized carbons (Fsp3) is 0.308. The number of aliphatic imine (C=N–C) groups is 1. The van der Waals surface area contributed by atoms with Gasteiger partial charge in [-0.15, -0.1) is 0 Å². The van der Waals surface area contributed by atoms with Crippen LogP contribution in [0.2, 0.25) is 0 Å². The summed E-state index contributed by atoms with van der Waals surface area (Å²) in [7, 11) is 0. The van der Waals surface area contributed by atoms with Gasteiger partial charge in [0.25, 0.3) is 11.5 Å². The third kappa shape index (κ3) is 4.78. The van der Waals surface area contributed by atoms with Gasteiger partial charge in [0.05, 0.1) is 0 Å². The number of carbonyl (C=O) groups excluding carboxylic acids is 2. The topological polar surface area (TPSA) is 93.8 Å². The quantitative estimate of drug-likeness (QED) is 0.738. The molecular formula is C13H11ClF3N3O3S. The third-order valence-corrected chi connectivity index (χ3v) is 4.02. The van der Waals surface area contributed by atoms with Crippen LogP contribution in [-0.2, 0) is 9.59 Å². The van der Waals surface area contributed by atoms with E-state index in [2.05, 4.69) is 26.6 Å². The summed E-state index contributed by atoms with van der Waals surface area (Å²) >= 11 is 5.67. The maximum Gasteiger partial charge on any atom is 0.444 e. The molecule has 1 heterocycles. The number of carbonyl (C=O) groups is 2. The number of nitrogens with zero attached hydrogens (tertiary/aromatic N) is 1. The minimum absolute atomic E-state index is 0.102. The highest BCUT2D eigenvalue weighted by Gasteiger charge is 2.42. The summed E-state index contributed by atoms with van der Waals surface area (Å²) in [6, 6.07) is 4.78. The van der Waals surface area contributed by atoms with Gasteiger partial charge in [0, 0.05) is 12.1 Å². The van der Waals surface area contributed by atoms with Gasteiger partial charge in [-0.05, 0) is 24.3 Å². The minimum Gasteiger partial charge on any atom is -0.429 e. The maximum absolute atomic E-state index is 13.0. The second kappa shape index (κ2) is 7.31. The van der Waals surface area contributed by atoms with Crippen molar-refractivity contribution in [2.75, 3.05) is 5.32 Å². The molecule has 6 nitrogen and oxygen atoms in total. The van der Waals surface area contributed by atoms with Crippen molar-refractivity contribution in [3.63, 3.8) is 0 Å². The number of amidine groups is 1. The van der Waals surface area contributed by atoms with Crippen molar-refractivity contribution in [1.82, 2.24) is 0 Å². The predicted molar refractivity (Wildman–Crippen MR) is 84.0 cm³/mol. The van der Waals surface area contributed by atoms with Gasteiger partial charge in [0.1, 0.15) is 11.0 Å². The van der Waals surface area contributed by atoms with Crippen LogP contribution < -0.4 is 15.8 Å². The van der Waals surface area contributed by atoms with Crippen LogP contribution in [0.3, 0.4) is 0 Å². The largest absolute Gasteiger partial charge is 0.444 e. The number of ether oxygens (including phenoxy) is 1. The first-order valence-corrected chi connectivity index (χ1v) is 7.78. The molecule has 2 atom stereocenters. The van der Waals surface area contributed by atoms with Gasteiger partial charge in [-0.2, -0.15) is 13.8 Å². The van der Waals surface area contributed by atoms with Gasteiger partial charge in [0.2, 0.25) is 5.91 Å². The Labute approximate surface area is 143 Å². The zero-order chi connectivity index (χ0) is 17.9. The molecule has 2 rings (SSSR count). The fourth-order valence-corrected chi connectivity index (χ4v) is 2.59. The lowest BCUT2D eigenvalue weighted by molar-refractivity contribution is -0.199. The molecule has 2 amide bonds. The Morgan fingerprint density at radius 2 is 2.08 bits per heavy atom. The fourth-order valence-electron chi connectivity index (χ4n) is 1.72. The molecule has 3 N–H and O–H groups in total. The van der Waals surface area contributed by atoms with E-state index in [0.29, 0.717) is 0 Å². The van der Waals surface area contributed by atoms with Gasteiger partial charge < -0.3 is 15.8 Å². The number of hydrogen-bond acceptors (Lipinski definition) is 5. The average molecular weight is 382 g/mol. The van der Waals surface area contributed by atoms with E-state index in [4.69, 9.17) is 5.73 Å². The van der Waals surface area contributed by atoms with Gasteiger partial charge in [-0.1, -0.05) is 23.4 Å². The number of rotatable bonds is 6. The van der Waals surface area contributed by atoms with Crippen LogP contribution in [-0.4, -0.2) is 34.0 Å². The molecular weight excluding hydrogens is 371 g/mol. The molecule has 11 heteroatoms. The Kier molecular flexibility index (Phi) is 5.60. The van der Waals surface area contributed by atoms with Crippen molar-refractivity contribution in [3.8, 4) is 5.75 Å². The van der Waals surface area contributed by atoms with Gasteiger partial charge >= 0.3 is 6.11 Å². The van der Waals surface area contributed by atoms with Crippen LogP contribution in [0, 0.1) is 0 Å². The van der Waals surface area contributed by atoms with E-state index in [1.54, 1.807) is 0 Å². The van der Waals surface area contributed by atoms with Crippen molar-refractivity contribution >= 4 is 46.0 Å². The second-order valence-electron chi connectivity index (χ2n) is 4.64. The molecule has 0 aromatic heterocycles. The summed E-state index contributed by atoms with van der Waals surface area (Å²) in [4.78, 5) is 26.7. The molecule has 1 aliphatic heterocycles. The van der Waals surface area contributed by atoms with Crippen LogP contribution >= 0.6 is 23.4 Å². The molecule has 130 valence electrons. The highest BCUT2D eigenvalue weighted by molar-refractivity contribution is 8.15. The lowest BCUT2D eigenvalue weighted by Crippen LogP contribution is -2.32. The number of benzene rings is 1. The van der Waals surface area contributed by atoms with Crippen molar-refractivity contribution in [2.24, 2.45) is 10.7 Å². The summed E-state index contributed by atoms with van der Waals surface area (Å²) in [6.07, 6.45) is -4.31. The standard InChI is InChI=1S/C13H11ClF3N3O3S/c14-11(15)13(16,17)23-7-3-1-6(2-4-7)19-9(21)5-8-10(22)20-12(18)24-8/h1-4,8,11H,5H2,(H,19,21)(H2,18,20,22). The summed E-state index contributed by atoms with van der Waals surface area (Å²) in [5, 5.41) is 1.90. The number of alkyl halides is 4. The van der Waals surface area contributed by atoms with Crippen molar-refractivity contribution < 1.29 is 27.5 Å². The van der Waals surface area contributed by atoms with E-state index in [1.165, 1.54) is 12.1 Å². The van der Waals surface area contributed by atoms with E-state index in [0.717, 1.165) is 23.9 Å². The van der Waals surface area contributed by atoms with Crippen molar-refractivity contribution in [3.05, 3.63) is 24.3 Å². The van der Waals surface area contributed by atoms with Crippen LogP contribution in [0.1, 0.15) is 6.42 Å². The Bertz CT molecular complexity index is 670. The SMILES string of the molecule is NC1=NC(=O)C(CC(=O)Nc2ccc(OC(F)(F)C(F)Cl)cc2)S1. The molecule has 0 radical (unpaired) electrons. The van der Waals surface area contributed by atoms with Gasteiger partial charge in [0.15, 0.2) is 5.17 Å². The van der Waals surface area contributed by atoms with Crippen LogP contribution in [0.25, 0.3) is 0 Å². The molecule has 2 unspecified atom stereocenters.